The van der Waals surface area contributed by atoms with Crippen LogP contribution in [0.3, 0.4) is 0 Å². The standard InChI is InChI=1S/C16H24FNO2/c1-12(18)10-13-11-14(17)6-7-16(13)20-9-3-5-15-4-2-8-19-15/h6-7,11-12,15H,2-5,8-10,18H2,1H3. The average Bonchev–Trinajstić information content (AvgIpc) is 2.89. The minimum Gasteiger partial charge on any atom is -0.493 e. The Hall–Kier alpha value is -1.13. The zero-order chi connectivity index (χ0) is 14.4. The molecule has 0 radical (unpaired) electrons. The van der Waals surface area contributed by atoms with Gasteiger partial charge in [-0.3, -0.25) is 0 Å². The minimum atomic E-state index is -0.243. The third-order valence-corrected chi connectivity index (χ3v) is 3.52. The van der Waals surface area contributed by atoms with Gasteiger partial charge in [0, 0.05) is 12.6 Å². The summed E-state index contributed by atoms with van der Waals surface area (Å²) in [5, 5.41) is 0. The van der Waals surface area contributed by atoms with Crippen LogP contribution in [0, 0.1) is 5.82 Å². The Bertz CT molecular complexity index is 417. The number of hydrogen-bond acceptors (Lipinski definition) is 3. The van der Waals surface area contributed by atoms with Crippen LogP contribution in [0.1, 0.15) is 38.2 Å². The Kier molecular flexibility index (Phi) is 5.80. The third kappa shape index (κ3) is 4.76. The Morgan fingerprint density at radius 3 is 3.05 bits per heavy atom. The van der Waals surface area contributed by atoms with E-state index in [1.54, 1.807) is 6.07 Å². The van der Waals surface area contributed by atoms with E-state index in [1.165, 1.54) is 18.6 Å². The van der Waals surface area contributed by atoms with Crippen LogP contribution in [0.5, 0.6) is 5.75 Å². The first kappa shape index (κ1) is 15.3. The van der Waals surface area contributed by atoms with Gasteiger partial charge in [0.15, 0.2) is 0 Å². The van der Waals surface area contributed by atoms with Gasteiger partial charge >= 0.3 is 0 Å². The molecule has 2 atom stereocenters. The summed E-state index contributed by atoms with van der Waals surface area (Å²) >= 11 is 0. The molecule has 1 saturated heterocycles. The van der Waals surface area contributed by atoms with Crippen molar-refractivity contribution in [1.82, 2.24) is 0 Å². The van der Waals surface area contributed by atoms with Crippen molar-refractivity contribution >= 4 is 0 Å². The smallest absolute Gasteiger partial charge is 0.123 e. The molecule has 1 fully saturated rings. The second kappa shape index (κ2) is 7.60. The Labute approximate surface area is 120 Å². The molecule has 20 heavy (non-hydrogen) atoms. The molecule has 4 heteroatoms. The molecule has 1 aliphatic rings. The number of hydrogen-bond donors (Lipinski definition) is 1. The number of halogens is 1. The fourth-order valence-corrected chi connectivity index (χ4v) is 2.56. The van der Waals surface area contributed by atoms with E-state index in [9.17, 15) is 4.39 Å². The maximum Gasteiger partial charge on any atom is 0.123 e. The number of nitrogens with two attached hydrogens (primary N) is 1. The quantitative estimate of drug-likeness (QED) is 0.781. The highest BCUT2D eigenvalue weighted by Gasteiger charge is 2.15. The molecule has 2 rings (SSSR count). The summed E-state index contributed by atoms with van der Waals surface area (Å²) in [6, 6.07) is 4.63. The van der Waals surface area contributed by atoms with Gasteiger partial charge in [0.2, 0.25) is 0 Å². The first-order valence-corrected chi connectivity index (χ1v) is 7.43. The molecule has 2 N–H and O–H groups in total. The molecule has 0 amide bonds. The van der Waals surface area contributed by atoms with Crippen LogP contribution in [-0.2, 0) is 11.2 Å². The number of benzene rings is 1. The summed E-state index contributed by atoms with van der Waals surface area (Å²) in [4.78, 5) is 0. The van der Waals surface area contributed by atoms with Gasteiger partial charge in [0.1, 0.15) is 11.6 Å². The van der Waals surface area contributed by atoms with E-state index in [-0.39, 0.29) is 11.9 Å². The molecule has 112 valence electrons. The molecular weight excluding hydrogens is 257 g/mol. The lowest BCUT2D eigenvalue weighted by Gasteiger charge is -2.14. The van der Waals surface area contributed by atoms with Crippen LogP contribution >= 0.6 is 0 Å². The normalized spacial score (nSPS) is 20.1. The molecule has 0 spiro atoms. The summed E-state index contributed by atoms with van der Waals surface area (Å²) in [5.74, 6) is 0.503. The SMILES string of the molecule is CC(N)Cc1cc(F)ccc1OCCCC1CCCO1. The van der Waals surface area contributed by atoms with E-state index in [2.05, 4.69) is 0 Å². The van der Waals surface area contributed by atoms with Crippen LogP contribution in [0.15, 0.2) is 18.2 Å². The van der Waals surface area contributed by atoms with Gasteiger partial charge in [0.05, 0.1) is 12.7 Å². The molecule has 0 aliphatic carbocycles. The second-order valence-corrected chi connectivity index (χ2v) is 5.56. The molecule has 1 aromatic carbocycles. The summed E-state index contributed by atoms with van der Waals surface area (Å²) in [6.07, 6.45) is 5.34. The molecule has 1 aromatic rings. The van der Waals surface area contributed by atoms with Gasteiger partial charge in [-0.2, -0.15) is 0 Å². The summed E-state index contributed by atoms with van der Waals surface area (Å²) in [6.45, 7) is 3.44. The Morgan fingerprint density at radius 2 is 2.35 bits per heavy atom. The zero-order valence-electron chi connectivity index (χ0n) is 12.1. The van der Waals surface area contributed by atoms with E-state index in [1.807, 2.05) is 6.92 Å². The first-order valence-electron chi connectivity index (χ1n) is 7.43. The monoisotopic (exact) mass is 281 g/mol. The van der Waals surface area contributed by atoms with E-state index in [0.29, 0.717) is 19.1 Å². The van der Waals surface area contributed by atoms with Gasteiger partial charge in [0.25, 0.3) is 0 Å². The summed E-state index contributed by atoms with van der Waals surface area (Å²) in [5.41, 5.74) is 6.63. The lowest BCUT2D eigenvalue weighted by molar-refractivity contribution is 0.0981. The van der Waals surface area contributed by atoms with Crippen LogP contribution in [0.2, 0.25) is 0 Å². The molecule has 2 unspecified atom stereocenters. The van der Waals surface area contributed by atoms with Crippen molar-refractivity contribution in [3.05, 3.63) is 29.6 Å². The molecule has 0 saturated carbocycles. The molecule has 0 aromatic heterocycles. The van der Waals surface area contributed by atoms with Crippen molar-refractivity contribution in [2.24, 2.45) is 5.73 Å². The lowest BCUT2D eigenvalue weighted by atomic mass is 10.1. The van der Waals surface area contributed by atoms with Crippen LogP contribution in [0.4, 0.5) is 4.39 Å². The van der Waals surface area contributed by atoms with Gasteiger partial charge in [-0.15, -0.1) is 0 Å². The fraction of sp³-hybridized carbons (Fsp3) is 0.625. The molecular formula is C16H24FNO2. The predicted molar refractivity (Wildman–Crippen MR) is 77.5 cm³/mol. The van der Waals surface area contributed by atoms with Crippen molar-refractivity contribution in [2.45, 2.75) is 51.2 Å². The van der Waals surface area contributed by atoms with Gasteiger partial charge in [-0.05, 0) is 62.8 Å². The van der Waals surface area contributed by atoms with Gasteiger partial charge < -0.3 is 15.2 Å². The number of rotatable bonds is 7. The lowest BCUT2D eigenvalue weighted by Crippen LogP contribution is -2.18. The number of ether oxygens (including phenoxy) is 2. The Morgan fingerprint density at radius 1 is 1.50 bits per heavy atom. The van der Waals surface area contributed by atoms with Crippen molar-refractivity contribution in [3.8, 4) is 5.75 Å². The Balaban J connectivity index is 1.81. The second-order valence-electron chi connectivity index (χ2n) is 5.56. The van der Waals surface area contributed by atoms with Crippen LogP contribution < -0.4 is 10.5 Å². The minimum absolute atomic E-state index is 0.00830. The summed E-state index contributed by atoms with van der Waals surface area (Å²) < 4.78 is 24.6. The molecule has 1 heterocycles. The van der Waals surface area contributed by atoms with E-state index < -0.39 is 0 Å². The van der Waals surface area contributed by atoms with Crippen molar-refractivity contribution < 1.29 is 13.9 Å². The first-order chi connectivity index (χ1) is 9.65. The van der Waals surface area contributed by atoms with Crippen molar-refractivity contribution in [3.63, 3.8) is 0 Å². The molecule has 1 aliphatic heterocycles. The maximum absolute atomic E-state index is 13.3. The zero-order valence-corrected chi connectivity index (χ0v) is 12.1. The average molecular weight is 281 g/mol. The highest BCUT2D eigenvalue weighted by molar-refractivity contribution is 5.34. The van der Waals surface area contributed by atoms with Crippen LogP contribution in [0.25, 0.3) is 0 Å². The predicted octanol–water partition coefficient (Wildman–Crippen LogP) is 3.05. The van der Waals surface area contributed by atoms with Crippen molar-refractivity contribution in [2.75, 3.05) is 13.2 Å². The molecule has 0 bridgehead atoms. The van der Waals surface area contributed by atoms with E-state index >= 15 is 0 Å². The molecule has 3 nitrogen and oxygen atoms in total. The highest BCUT2D eigenvalue weighted by Crippen LogP contribution is 2.22. The fourth-order valence-electron chi connectivity index (χ4n) is 2.56. The maximum atomic E-state index is 13.3. The summed E-state index contributed by atoms with van der Waals surface area (Å²) in [7, 11) is 0. The van der Waals surface area contributed by atoms with E-state index in [4.69, 9.17) is 15.2 Å². The topological polar surface area (TPSA) is 44.5 Å². The highest BCUT2D eigenvalue weighted by atomic mass is 19.1. The van der Waals surface area contributed by atoms with Gasteiger partial charge in [-0.25, -0.2) is 4.39 Å². The van der Waals surface area contributed by atoms with E-state index in [0.717, 1.165) is 37.2 Å². The van der Waals surface area contributed by atoms with Gasteiger partial charge in [-0.1, -0.05) is 0 Å². The largest absolute Gasteiger partial charge is 0.493 e. The van der Waals surface area contributed by atoms with Crippen molar-refractivity contribution in [1.29, 1.82) is 0 Å². The third-order valence-electron chi connectivity index (χ3n) is 3.52. The van der Waals surface area contributed by atoms with Crippen LogP contribution in [-0.4, -0.2) is 25.4 Å².